The maximum absolute atomic E-state index is 12.6. The number of rotatable bonds is 8. The van der Waals surface area contributed by atoms with Gasteiger partial charge in [0.25, 0.3) is 0 Å². The molecule has 7 heteroatoms. The number of hydrogen-bond acceptors (Lipinski definition) is 4. The Morgan fingerprint density at radius 3 is 2.09 bits per heavy atom. The molecule has 1 saturated carbocycles. The van der Waals surface area contributed by atoms with Crippen molar-refractivity contribution in [1.29, 1.82) is 0 Å². The summed E-state index contributed by atoms with van der Waals surface area (Å²) in [5.74, 6) is -1.55. The van der Waals surface area contributed by atoms with E-state index >= 15 is 0 Å². The van der Waals surface area contributed by atoms with Crippen molar-refractivity contribution < 1.29 is 24.2 Å². The number of ether oxygens (including phenoxy) is 1. The number of nitrogens with one attached hydrogen (secondary N) is 2. The highest BCUT2D eigenvalue weighted by atomic mass is 16.5. The molecule has 2 aliphatic carbocycles. The van der Waals surface area contributed by atoms with E-state index in [2.05, 4.69) is 22.8 Å². The summed E-state index contributed by atoms with van der Waals surface area (Å²) in [4.78, 5) is 36.5. The van der Waals surface area contributed by atoms with Crippen LogP contribution in [0.3, 0.4) is 0 Å². The molecule has 168 valence electrons. The van der Waals surface area contributed by atoms with Crippen LogP contribution in [-0.2, 0) is 14.3 Å². The van der Waals surface area contributed by atoms with Crippen molar-refractivity contribution in [2.45, 2.75) is 38.6 Å². The number of carbonyl (C=O) groups is 3. The molecule has 1 atom stereocenters. The maximum atomic E-state index is 12.6. The Kier molecular flexibility index (Phi) is 5.91. The number of carboxylic acids is 1. The number of aliphatic carboxylic acids is 1. The van der Waals surface area contributed by atoms with E-state index in [9.17, 15) is 19.5 Å². The fraction of sp³-hybridized carbons (Fsp3) is 0.400. The molecule has 3 N–H and O–H groups in total. The minimum absolute atomic E-state index is 0.0650. The molecule has 1 fully saturated rings. The summed E-state index contributed by atoms with van der Waals surface area (Å²) in [5, 5.41) is 14.6. The van der Waals surface area contributed by atoms with Crippen LogP contribution in [0.1, 0.15) is 43.7 Å². The molecule has 0 unspecified atom stereocenters. The second-order valence-corrected chi connectivity index (χ2v) is 8.99. The Hall–Kier alpha value is -3.35. The molecule has 0 radical (unpaired) electrons. The molecule has 0 spiro atoms. The monoisotopic (exact) mass is 436 g/mol. The first-order chi connectivity index (χ1) is 15.3. The standard InChI is InChI=1S/C25H28N2O5/c1-15(2)21(22(28)26-14-25(11-12-25)23(29)30)27-24(31)32-13-20-18-9-5-3-7-16(18)17-8-4-6-10-19(17)20/h3-10,15,20-21H,11-14H2,1-2H3,(H,26,28)(H,27,31)(H,29,30)/t21-/m0/s1. The van der Waals surface area contributed by atoms with Crippen LogP contribution in [0.2, 0.25) is 0 Å². The van der Waals surface area contributed by atoms with Gasteiger partial charge in [0, 0.05) is 12.5 Å². The smallest absolute Gasteiger partial charge is 0.407 e. The van der Waals surface area contributed by atoms with Gasteiger partial charge in [0.2, 0.25) is 5.91 Å². The van der Waals surface area contributed by atoms with Crippen LogP contribution < -0.4 is 10.6 Å². The SMILES string of the molecule is CC(C)[C@H](NC(=O)OCC1c2ccccc2-c2ccccc21)C(=O)NCC1(C(=O)O)CC1. The number of alkyl carbamates (subject to hydrolysis) is 1. The molecule has 2 aromatic rings. The van der Waals surface area contributed by atoms with E-state index in [-0.39, 0.29) is 25.0 Å². The van der Waals surface area contributed by atoms with Gasteiger partial charge in [0.15, 0.2) is 0 Å². The molecular formula is C25H28N2O5. The summed E-state index contributed by atoms with van der Waals surface area (Å²) in [7, 11) is 0. The van der Waals surface area contributed by atoms with Gasteiger partial charge in [-0.15, -0.1) is 0 Å². The zero-order valence-corrected chi connectivity index (χ0v) is 18.3. The third kappa shape index (κ3) is 4.20. The fourth-order valence-electron chi connectivity index (χ4n) is 4.29. The van der Waals surface area contributed by atoms with E-state index in [1.807, 2.05) is 50.2 Å². The average molecular weight is 437 g/mol. The molecule has 0 heterocycles. The molecular weight excluding hydrogens is 408 g/mol. The molecule has 0 saturated heterocycles. The van der Waals surface area contributed by atoms with Crippen molar-refractivity contribution in [2.24, 2.45) is 11.3 Å². The first kappa shape index (κ1) is 21.9. The predicted molar refractivity (Wildman–Crippen MR) is 119 cm³/mol. The minimum Gasteiger partial charge on any atom is -0.481 e. The number of carboxylic acid groups (broad SMARTS) is 1. The lowest BCUT2D eigenvalue weighted by atomic mass is 9.98. The van der Waals surface area contributed by atoms with Crippen LogP contribution in [0, 0.1) is 11.3 Å². The first-order valence-corrected chi connectivity index (χ1v) is 10.9. The predicted octanol–water partition coefficient (Wildman–Crippen LogP) is 3.53. The Morgan fingerprint density at radius 2 is 1.59 bits per heavy atom. The van der Waals surface area contributed by atoms with Gasteiger partial charge in [-0.25, -0.2) is 4.79 Å². The highest BCUT2D eigenvalue weighted by Crippen LogP contribution is 2.45. The van der Waals surface area contributed by atoms with Crippen molar-refractivity contribution in [3.05, 3.63) is 59.7 Å². The molecule has 0 bridgehead atoms. The lowest BCUT2D eigenvalue weighted by Gasteiger charge is -2.23. The lowest BCUT2D eigenvalue weighted by molar-refractivity contribution is -0.143. The van der Waals surface area contributed by atoms with Gasteiger partial charge in [0.05, 0.1) is 5.41 Å². The van der Waals surface area contributed by atoms with Crippen molar-refractivity contribution in [3.63, 3.8) is 0 Å². The first-order valence-electron chi connectivity index (χ1n) is 10.9. The van der Waals surface area contributed by atoms with E-state index in [4.69, 9.17) is 4.74 Å². The zero-order valence-electron chi connectivity index (χ0n) is 18.3. The second-order valence-electron chi connectivity index (χ2n) is 8.99. The number of carbonyl (C=O) groups excluding carboxylic acids is 2. The van der Waals surface area contributed by atoms with Crippen LogP contribution in [0.5, 0.6) is 0 Å². The number of fused-ring (bicyclic) bond motifs is 3. The van der Waals surface area contributed by atoms with E-state index in [1.54, 1.807) is 0 Å². The Balaban J connectivity index is 1.37. The normalized spacial score (nSPS) is 16.6. The Bertz CT molecular complexity index is 999. The summed E-state index contributed by atoms with van der Waals surface area (Å²) in [6, 6.07) is 15.3. The van der Waals surface area contributed by atoms with E-state index in [1.165, 1.54) is 0 Å². The third-order valence-corrected chi connectivity index (χ3v) is 6.47. The van der Waals surface area contributed by atoms with Crippen LogP contribution >= 0.6 is 0 Å². The Morgan fingerprint density at radius 1 is 1.03 bits per heavy atom. The van der Waals surface area contributed by atoms with Gasteiger partial charge in [-0.2, -0.15) is 0 Å². The molecule has 7 nitrogen and oxygen atoms in total. The number of amides is 2. The average Bonchev–Trinajstić information content (AvgIpc) is 3.51. The van der Waals surface area contributed by atoms with Crippen LogP contribution in [0.25, 0.3) is 11.1 Å². The molecule has 0 aliphatic heterocycles. The van der Waals surface area contributed by atoms with Crippen molar-refractivity contribution >= 4 is 18.0 Å². The highest BCUT2D eigenvalue weighted by molar-refractivity contribution is 5.87. The van der Waals surface area contributed by atoms with Crippen molar-refractivity contribution in [3.8, 4) is 11.1 Å². The molecule has 4 rings (SSSR count). The second kappa shape index (κ2) is 8.65. The van der Waals surface area contributed by atoms with Crippen molar-refractivity contribution in [1.82, 2.24) is 10.6 Å². The quantitative estimate of drug-likeness (QED) is 0.587. The molecule has 0 aromatic heterocycles. The van der Waals surface area contributed by atoms with E-state index < -0.39 is 29.4 Å². The maximum Gasteiger partial charge on any atom is 0.407 e. The highest BCUT2D eigenvalue weighted by Gasteiger charge is 2.50. The minimum atomic E-state index is -0.900. The zero-order chi connectivity index (χ0) is 22.9. The third-order valence-electron chi connectivity index (χ3n) is 6.47. The van der Waals surface area contributed by atoms with Gasteiger partial charge < -0.3 is 20.5 Å². The number of hydrogen-bond donors (Lipinski definition) is 3. The van der Waals surface area contributed by atoms with E-state index in [0.29, 0.717) is 12.8 Å². The lowest BCUT2D eigenvalue weighted by Crippen LogP contribution is -2.51. The molecule has 2 aromatic carbocycles. The van der Waals surface area contributed by atoms with Crippen molar-refractivity contribution in [2.75, 3.05) is 13.2 Å². The van der Waals surface area contributed by atoms with Gasteiger partial charge >= 0.3 is 12.1 Å². The van der Waals surface area contributed by atoms with Gasteiger partial charge in [-0.3, -0.25) is 9.59 Å². The van der Waals surface area contributed by atoms with Gasteiger partial charge in [-0.1, -0.05) is 62.4 Å². The summed E-state index contributed by atoms with van der Waals surface area (Å²) < 4.78 is 5.54. The molecule has 32 heavy (non-hydrogen) atoms. The van der Waals surface area contributed by atoms with E-state index in [0.717, 1.165) is 22.3 Å². The van der Waals surface area contributed by atoms with Crippen LogP contribution in [-0.4, -0.2) is 42.3 Å². The summed E-state index contributed by atoms with van der Waals surface area (Å²) in [6.07, 6.45) is 0.434. The van der Waals surface area contributed by atoms with Gasteiger partial charge in [0.1, 0.15) is 12.6 Å². The molecule has 2 aliphatic rings. The van der Waals surface area contributed by atoms with Crippen LogP contribution in [0.4, 0.5) is 4.79 Å². The summed E-state index contributed by atoms with van der Waals surface area (Å²) in [6.45, 7) is 3.86. The topological polar surface area (TPSA) is 105 Å². The summed E-state index contributed by atoms with van der Waals surface area (Å²) in [5.41, 5.74) is 3.65. The number of benzene rings is 2. The largest absolute Gasteiger partial charge is 0.481 e. The summed E-state index contributed by atoms with van der Waals surface area (Å²) >= 11 is 0. The van der Waals surface area contributed by atoms with Crippen LogP contribution in [0.15, 0.2) is 48.5 Å². The molecule has 2 amide bonds. The van der Waals surface area contributed by atoms with Gasteiger partial charge in [-0.05, 0) is 41.0 Å². The Labute approximate surface area is 187 Å². The fourth-order valence-corrected chi connectivity index (χ4v) is 4.29.